The quantitative estimate of drug-likeness (QED) is 0.697. The van der Waals surface area contributed by atoms with E-state index in [9.17, 15) is 0 Å². The molecule has 0 unspecified atom stereocenters. The number of unbranched alkanes of at least 4 members (excludes halogenated alkanes) is 1. The lowest BCUT2D eigenvalue weighted by atomic mass is 10.2. The molecule has 1 aromatic heterocycles. The molecule has 0 bridgehead atoms. The van der Waals surface area contributed by atoms with Gasteiger partial charge in [0.15, 0.2) is 0 Å². The summed E-state index contributed by atoms with van der Waals surface area (Å²) in [4.78, 5) is 5.99. The summed E-state index contributed by atoms with van der Waals surface area (Å²) in [7, 11) is 0. The Morgan fingerprint density at radius 3 is 2.58 bits per heavy atom. The van der Waals surface area contributed by atoms with Crippen LogP contribution in [0.1, 0.15) is 42.3 Å². The van der Waals surface area contributed by atoms with Gasteiger partial charge in [0.25, 0.3) is 0 Å². The van der Waals surface area contributed by atoms with Crippen molar-refractivity contribution in [2.45, 2.75) is 46.5 Å². The molecule has 0 aliphatic carbocycles. The predicted octanol–water partition coefficient (Wildman–Crippen LogP) is 3.36. The smallest absolute Gasteiger partial charge is 0.0930 e. The Bertz CT molecular complexity index is 240. The van der Waals surface area contributed by atoms with Crippen LogP contribution in [-0.2, 0) is 12.8 Å². The summed E-state index contributed by atoms with van der Waals surface area (Å²) < 4.78 is 0. The lowest BCUT2D eigenvalue weighted by Gasteiger charge is -1.90. The van der Waals surface area contributed by atoms with Gasteiger partial charge in [0.1, 0.15) is 0 Å². The maximum atomic E-state index is 4.58. The standard InChI is InChI=1S/C10H17NS/c1-4-6-7-10-11-9(5-2)8(3)12-10/h4-7H2,1-3H3. The van der Waals surface area contributed by atoms with Crippen molar-refractivity contribution in [3.8, 4) is 0 Å². The Hall–Kier alpha value is -0.370. The van der Waals surface area contributed by atoms with Crippen LogP contribution in [0, 0.1) is 6.92 Å². The Morgan fingerprint density at radius 2 is 2.08 bits per heavy atom. The fourth-order valence-corrected chi connectivity index (χ4v) is 2.31. The molecule has 0 aliphatic rings. The normalized spacial score (nSPS) is 10.6. The Morgan fingerprint density at radius 1 is 1.33 bits per heavy atom. The number of aromatic nitrogens is 1. The highest BCUT2D eigenvalue weighted by molar-refractivity contribution is 7.11. The number of aryl methyl sites for hydroxylation is 3. The third kappa shape index (κ3) is 2.31. The molecule has 0 amide bonds. The fourth-order valence-electron chi connectivity index (χ4n) is 1.25. The van der Waals surface area contributed by atoms with Crippen LogP contribution in [0.25, 0.3) is 0 Å². The molecule has 0 fully saturated rings. The number of hydrogen-bond donors (Lipinski definition) is 0. The van der Waals surface area contributed by atoms with Crippen LogP contribution in [-0.4, -0.2) is 4.98 Å². The topological polar surface area (TPSA) is 12.9 Å². The van der Waals surface area contributed by atoms with Crippen LogP contribution in [0.5, 0.6) is 0 Å². The summed E-state index contributed by atoms with van der Waals surface area (Å²) >= 11 is 1.87. The first kappa shape index (κ1) is 9.72. The maximum absolute atomic E-state index is 4.58. The highest BCUT2D eigenvalue weighted by atomic mass is 32.1. The average molecular weight is 183 g/mol. The van der Waals surface area contributed by atoms with Gasteiger partial charge in [0.2, 0.25) is 0 Å². The first-order chi connectivity index (χ1) is 5.77. The Balaban J connectivity index is 2.62. The van der Waals surface area contributed by atoms with Crippen molar-refractivity contribution < 1.29 is 0 Å². The number of thiazole rings is 1. The van der Waals surface area contributed by atoms with Crippen molar-refractivity contribution in [2.75, 3.05) is 0 Å². The van der Waals surface area contributed by atoms with Crippen LogP contribution in [0.15, 0.2) is 0 Å². The van der Waals surface area contributed by atoms with Crippen molar-refractivity contribution in [1.82, 2.24) is 4.98 Å². The highest BCUT2D eigenvalue weighted by Gasteiger charge is 2.04. The van der Waals surface area contributed by atoms with E-state index >= 15 is 0 Å². The summed E-state index contributed by atoms with van der Waals surface area (Å²) in [5.41, 5.74) is 1.30. The van der Waals surface area contributed by atoms with E-state index in [1.165, 1.54) is 34.8 Å². The molecular formula is C10H17NS. The minimum absolute atomic E-state index is 1.08. The van der Waals surface area contributed by atoms with Crippen molar-refractivity contribution in [2.24, 2.45) is 0 Å². The molecule has 1 rings (SSSR count). The second kappa shape index (κ2) is 4.61. The van der Waals surface area contributed by atoms with Gasteiger partial charge in [-0.05, 0) is 26.2 Å². The van der Waals surface area contributed by atoms with Gasteiger partial charge in [0.05, 0.1) is 10.7 Å². The largest absolute Gasteiger partial charge is 0.246 e. The van der Waals surface area contributed by atoms with E-state index in [-0.39, 0.29) is 0 Å². The monoisotopic (exact) mass is 183 g/mol. The molecule has 0 aromatic carbocycles. The van der Waals surface area contributed by atoms with Crippen LogP contribution >= 0.6 is 11.3 Å². The molecule has 12 heavy (non-hydrogen) atoms. The van der Waals surface area contributed by atoms with Gasteiger partial charge in [0, 0.05) is 4.88 Å². The second-order valence-electron chi connectivity index (χ2n) is 3.07. The van der Waals surface area contributed by atoms with Gasteiger partial charge < -0.3 is 0 Å². The molecule has 68 valence electrons. The SMILES string of the molecule is CCCCc1nc(CC)c(C)s1. The molecule has 1 aromatic rings. The molecular weight excluding hydrogens is 166 g/mol. The number of rotatable bonds is 4. The van der Waals surface area contributed by atoms with Crippen LogP contribution in [0.3, 0.4) is 0 Å². The van der Waals surface area contributed by atoms with Crippen LogP contribution in [0.4, 0.5) is 0 Å². The van der Waals surface area contributed by atoms with E-state index in [2.05, 4.69) is 25.8 Å². The predicted molar refractivity (Wildman–Crippen MR) is 54.8 cm³/mol. The molecule has 0 aliphatic heterocycles. The minimum Gasteiger partial charge on any atom is -0.246 e. The van der Waals surface area contributed by atoms with E-state index < -0.39 is 0 Å². The Labute approximate surface area is 78.8 Å². The van der Waals surface area contributed by atoms with Gasteiger partial charge in [-0.15, -0.1) is 11.3 Å². The lowest BCUT2D eigenvalue weighted by Crippen LogP contribution is -1.85. The maximum Gasteiger partial charge on any atom is 0.0930 e. The molecule has 0 atom stereocenters. The van der Waals surface area contributed by atoms with Crippen molar-refractivity contribution in [1.29, 1.82) is 0 Å². The van der Waals surface area contributed by atoms with Gasteiger partial charge in [-0.1, -0.05) is 20.3 Å². The molecule has 2 heteroatoms. The molecule has 0 saturated carbocycles. The summed E-state index contributed by atoms with van der Waals surface area (Å²) in [6, 6.07) is 0. The Kier molecular flexibility index (Phi) is 3.73. The molecule has 0 radical (unpaired) electrons. The van der Waals surface area contributed by atoms with Crippen molar-refractivity contribution in [3.05, 3.63) is 15.6 Å². The van der Waals surface area contributed by atoms with Crippen molar-refractivity contribution >= 4 is 11.3 Å². The van der Waals surface area contributed by atoms with Crippen molar-refractivity contribution in [3.63, 3.8) is 0 Å². The average Bonchev–Trinajstić information content (AvgIpc) is 2.43. The molecule has 1 heterocycles. The number of nitrogens with zero attached hydrogens (tertiary/aromatic N) is 1. The molecule has 0 spiro atoms. The molecule has 1 nitrogen and oxygen atoms in total. The zero-order valence-corrected chi connectivity index (χ0v) is 9.00. The van der Waals surface area contributed by atoms with E-state index in [0.717, 1.165) is 6.42 Å². The van der Waals surface area contributed by atoms with Crippen LogP contribution < -0.4 is 0 Å². The highest BCUT2D eigenvalue weighted by Crippen LogP contribution is 2.19. The summed E-state index contributed by atoms with van der Waals surface area (Å²) in [6.45, 7) is 6.57. The van der Waals surface area contributed by atoms with Gasteiger partial charge >= 0.3 is 0 Å². The lowest BCUT2D eigenvalue weighted by molar-refractivity contribution is 0.786. The van der Waals surface area contributed by atoms with Crippen LogP contribution in [0.2, 0.25) is 0 Å². The third-order valence-electron chi connectivity index (χ3n) is 2.02. The first-order valence-corrected chi connectivity index (χ1v) is 5.54. The van der Waals surface area contributed by atoms with E-state index in [4.69, 9.17) is 0 Å². The van der Waals surface area contributed by atoms with Gasteiger partial charge in [-0.2, -0.15) is 0 Å². The van der Waals surface area contributed by atoms with E-state index in [0.29, 0.717) is 0 Å². The van der Waals surface area contributed by atoms with E-state index in [1.54, 1.807) is 0 Å². The summed E-state index contributed by atoms with van der Waals surface area (Å²) in [6.07, 6.45) is 4.78. The zero-order chi connectivity index (χ0) is 8.97. The minimum atomic E-state index is 1.08. The number of hydrogen-bond acceptors (Lipinski definition) is 2. The fraction of sp³-hybridized carbons (Fsp3) is 0.700. The molecule has 0 N–H and O–H groups in total. The first-order valence-electron chi connectivity index (χ1n) is 4.73. The van der Waals surface area contributed by atoms with Gasteiger partial charge in [-0.25, -0.2) is 4.98 Å². The summed E-state index contributed by atoms with van der Waals surface area (Å²) in [5, 5.41) is 1.33. The second-order valence-corrected chi connectivity index (χ2v) is 4.36. The molecule has 0 saturated heterocycles. The third-order valence-corrected chi connectivity index (χ3v) is 3.09. The zero-order valence-electron chi connectivity index (χ0n) is 8.18. The van der Waals surface area contributed by atoms with E-state index in [1.807, 2.05) is 11.3 Å². The van der Waals surface area contributed by atoms with Gasteiger partial charge in [-0.3, -0.25) is 0 Å². The summed E-state index contributed by atoms with van der Waals surface area (Å²) in [5.74, 6) is 0.